The first kappa shape index (κ1) is 15.0. The quantitative estimate of drug-likeness (QED) is 0.876. The van der Waals surface area contributed by atoms with Gasteiger partial charge in [0.25, 0.3) is 0 Å². The van der Waals surface area contributed by atoms with Crippen LogP contribution in [0.2, 0.25) is 0 Å². The number of piperidine rings is 3. The molecule has 1 unspecified atom stereocenters. The number of hydrogen-bond acceptors (Lipinski definition) is 3. The van der Waals surface area contributed by atoms with Crippen molar-refractivity contribution >= 4 is 17.6 Å². The first-order chi connectivity index (χ1) is 10.6. The molecule has 3 aliphatic heterocycles. The van der Waals surface area contributed by atoms with Crippen LogP contribution in [-0.4, -0.2) is 41.5 Å². The predicted octanol–water partition coefficient (Wildman–Crippen LogP) is 2.45. The SMILES string of the molecule is O=C(CCC1CN2CCC1CC2)Nc1ccc(C(=O)O)cc1. The van der Waals surface area contributed by atoms with Crippen LogP contribution in [0.3, 0.4) is 0 Å². The molecule has 1 aromatic rings. The van der Waals surface area contributed by atoms with E-state index in [0.29, 0.717) is 18.0 Å². The minimum Gasteiger partial charge on any atom is -0.478 e. The average Bonchev–Trinajstić information content (AvgIpc) is 2.54. The van der Waals surface area contributed by atoms with E-state index in [9.17, 15) is 9.59 Å². The zero-order valence-electron chi connectivity index (χ0n) is 12.6. The van der Waals surface area contributed by atoms with E-state index in [-0.39, 0.29) is 11.5 Å². The number of aromatic carboxylic acids is 1. The zero-order chi connectivity index (χ0) is 15.5. The lowest BCUT2D eigenvalue weighted by Gasteiger charge is -2.44. The molecule has 4 rings (SSSR count). The van der Waals surface area contributed by atoms with Crippen molar-refractivity contribution in [3.05, 3.63) is 29.8 Å². The minimum absolute atomic E-state index is 0.0134. The second-order valence-electron chi connectivity index (χ2n) is 6.37. The number of rotatable bonds is 5. The molecule has 2 N–H and O–H groups in total. The number of benzene rings is 1. The Hall–Kier alpha value is -1.88. The summed E-state index contributed by atoms with van der Waals surface area (Å²) in [6, 6.07) is 6.28. The van der Waals surface area contributed by atoms with Gasteiger partial charge in [0.2, 0.25) is 5.91 Å². The van der Waals surface area contributed by atoms with Gasteiger partial charge in [-0.15, -0.1) is 0 Å². The minimum atomic E-state index is -0.958. The topological polar surface area (TPSA) is 69.6 Å². The molecule has 5 heteroatoms. The summed E-state index contributed by atoms with van der Waals surface area (Å²) < 4.78 is 0. The van der Waals surface area contributed by atoms with Gasteiger partial charge in [-0.3, -0.25) is 4.79 Å². The van der Waals surface area contributed by atoms with Crippen molar-refractivity contribution in [3.8, 4) is 0 Å². The van der Waals surface area contributed by atoms with Crippen molar-refractivity contribution in [1.29, 1.82) is 0 Å². The number of carboxylic acid groups (broad SMARTS) is 1. The average molecular weight is 302 g/mol. The van der Waals surface area contributed by atoms with Gasteiger partial charge < -0.3 is 15.3 Å². The number of nitrogens with one attached hydrogen (secondary N) is 1. The maximum atomic E-state index is 12.0. The highest BCUT2D eigenvalue weighted by molar-refractivity contribution is 5.92. The van der Waals surface area contributed by atoms with E-state index in [1.54, 1.807) is 12.1 Å². The zero-order valence-corrected chi connectivity index (χ0v) is 12.6. The van der Waals surface area contributed by atoms with Crippen molar-refractivity contribution in [2.24, 2.45) is 11.8 Å². The van der Waals surface area contributed by atoms with Gasteiger partial charge in [-0.05, 0) is 68.5 Å². The summed E-state index contributed by atoms with van der Waals surface area (Å²) in [5.74, 6) is 0.509. The van der Waals surface area contributed by atoms with E-state index in [0.717, 1.165) is 18.9 Å². The fourth-order valence-electron chi connectivity index (χ4n) is 3.65. The Labute approximate surface area is 130 Å². The van der Waals surface area contributed by atoms with E-state index in [1.165, 1.54) is 38.1 Å². The smallest absolute Gasteiger partial charge is 0.335 e. The predicted molar refractivity (Wildman–Crippen MR) is 83.9 cm³/mol. The number of carbonyl (C=O) groups is 2. The molecule has 5 nitrogen and oxygen atoms in total. The van der Waals surface area contributed by atoms with Gasteiger partial charge in [0.1, 0.15) is 0 Å². The molecule has 1 aromatic carbocycles. The molecule has 3 heterocycles. The molecule has 0 radical (unpaired) electrons. The highest BCUT2D eigenvalue weighted by Gasteiger charge is 2.33. The normalized spacial score (nSPS) is 26.6. The molecule has 22 heavy (non-hydrogen) atoms. The Kier molecular flexibility index (Phi) is 4.43. The second-order valence-corrected chi connectivity index (χ2v) is 6.37. The third-order valence-electron chi connectivity index (χ3n) is 4.95. The van der Waals surface area contributed by atoms with Crippen molar-refractivity contribution < 1.29 is 14.7 Å². The first-order valence-electron chi connectivity index (χ1n) is 7.97. The standard InChI is InChI=1S/C17H22N2O3/c20-16(18-15-4-1-13(2-5-15)17(21)22)6-3-14-11-19-9-7-12(14)8-10-19/h1-2,4-5,12,14H,3,6-11H2,(H,18,20)(H,21,22). The third-order valence-corrected chi connectivity index (χ3v) is 4.95. The Morgan fingerprint density at radius 2 is 1.86 bits per heavy atom. The molecule has 0 spiro atoms. The summed E-state index contributed by atoms with van der Waals surface area (Å²) in [7, 11) is 0. The number of anilines is 1. The summed E-state index contributed by atoms with van der Waals surface area (Å²) >= 11 is 0. The molecule has 1 amide bonds. The van der Waals surface area contributed by atoms with Gasteiger partial charge >= 0.3 is 5.97 Å². The summed E-state index contributed by atoms with van der Waals surface area (Å²) in [5.41, 5.74) is 0.884. The monoisotopic (exact) mass is 302 g/mol. The molecule has 0 aliphatic carbocycles. The van der Waals surface area contributed by atoms with Crippen molar-refractivity contribution in [2.75, 3.05) is 25.0 Å². The molecule has 0 aromatic heterocycles. The summed E-state index contributed by atoms with van der Waals surface area (Å²) in [6.07, 6.45) is 4.04. The molecule has 3 fully saturated rings. The summed E-state index contributed by atoms with van der Waals surface area (Å²) in [5, 5.41) is 11.7. The van der Waals surface area contributed by atoms with Gasteiger partial charge in [0.05, 0.1) is 5.56 Å². The van der Waals surface area contributed by atoms with Crippen LogP contribution in [0.15, 0.2) is 24.3 Å². The van der Waals surface area contributed by atoms with Crippen LogP contribution in [0.4, 0.5) is 5.69 Å². The Morgan fingerprint density at radius 1 is 1.18 bits per heavy atom. The largest absolute Gasteiger partial charge is 0.478 e. The number of fused-ring (bicyclic) bond motifs is 3. The molecular formula is C17H22N2O3. The van der Waals surface area contributed by atoms with E-state index in [2.05, 4.69) is 10.2 Å². The Bertz CT molecular complexity index is 548. The van der Waals surface area contributed by atoms with Crippen LogP contribution in [0.5, 0.6) is 0 Å². The number of carboxylic acids is 1. The van der Waals surface area contributed by atoms with Gasteiger partial charge in [0.15, 0.2) is 0 Å². The van der Waals surface area contributed by atoms with E-state index < -0.39 is 5.97 Å². The van der Waals surface area contributed by atoms with E-state index in [4.69, 9.17) is 5.11 Å². The molecule has 3 aliphatic rings. The molecule has 1 atom stereocenters. The maximum absolute atomic E-state index is 12.0. The lowest BCUT2D eigenvalue weighted by Crippen LogP contribution is -2.47. The van der Waals surface area contributed by atoms with Crippen LogP contribution in [0, 0.1) is 11.8 Å². The molecule has 0 saturated carbocycles. The number of hydrogen-bond donors (Lipinski definition) is 2. The van der Waals surface area contributed by atoms with Gasteiger partial charge in [-0.1, -0.05) is 0 Å². The van der Waals surface area contributed by atoms with Crippen LogP contribution in [0.1, 0.15) is 36.0 Å². The molecule has 118 valence electrons. The third kappa shape index (κ3) is 3.47. The fraction of sp³-hybridized carbons (Fsp3) is 0.529. The van der Waals surface area contributed by atoms with Gasteiger partial charge in [-0.25, -0.2) is 4.79 Å². The van der Waals surface area contributed by atoms with Gasteiger partial charge in [0, 0.05) is 18.7 Å². The molecule has 2 bridgehead atoms. The van der Waals surface area contributed by atoms with E-state index >= 15 is 0 Å². The highest BCUT2D eigenvalue weighted by Crippen LogP contribution is 2.34. The van der Waals surface area contributed by atoms with Crippen LogP contribution in [-0.2, 0) is 4.79 Å². The fourth-order valence-corrected chi connectivity index (χ4v) is 3.65. The lowest BCUT2D eigenvalue weighted by atomic mass is 9.77. The summed E-state index contributed by atoms with van der Waals surface area (Å²) in [4.78, 5) is 25.3. The number of nitrogens with zero attached hydrogens (tertiary/aromatic N) is 1. The van der Waals surface area contributed by atoms with Gasteiger partial charge in [-0.2, -0.15) is 0 Å². The summed E-state index contributed by atoms with van der Waals surface area (Å²) in [6.45, 7) is 3.60. The first-order valence-corrected chi connectivity index (χ1v) is 7.97. The molecule has 3 saturated heterocycles. The van der Waals surface area contributed by atoms with Crippen LogP contribution in [0.25, 0.3) is 0 Å². The van der Waals surface area contributed by atoms with Crippen molar-refractivity contribution in [3.63, 3.8) is 0 Å². The second kappa shape index (κ2) is 6.48. The number of carbonyl (C=O) groups excluding carboxylic acids is 1. The maximum Gasteiger partial charge on any atom is 0.335 e. The van der Waals surface area contributed by atoms with E-state index in [1.807, 2.05) is 0 Å². The number of amides is 1. The Morgan fingerprint density at radius 3 is 2.41 bits per heavy atom. The molecular weight excluding hydrogens is 280 g/mol. The highest BCUT2D eigenvalue weighted by atomic mass is 16.4. The Balaban J connectivity index is 1.47. The van der Waals surface area contributed by atoms with Crippen LogP contribution >= 0.6 is 0 Å². The lowest BCUT2D eigenvalue weighted by molar-refractivity contribution is -0.116. The van der Waals surface area contributed by atoms with Crippen molar-refractivity contribution in [1.82, 2.24) is 4.90 Å². The van der Waals surface area contributed by atoms with Crippen LogP contribution < -0.4 is 5.32 Å². The van der Waals surface area contributed by atoms with Crippen molar-refractivity contribution in [2.45, 2.75) is 25.7 Å².